The zero-order valence-electron chi connectivity index (χ0n) is 11.5. The first-order valence-electron chi connectivity index (χ1n) is 7.04. The molecule has 0 radical (unpaired) electrons. The van der Waals surface area contributed by atoms with Crippen molar-refractivity contribution >= 4 is 32.9 Å². The maximum absolute atomic E-state index is 6.53. The third kappa shape index (κ3) is 2.04. The number of fused-ring (bicyclic) bond motifs is 3. The van der Waals surface area contributed by atoms with Gasteiger partial charge >= 0.3 is 0 Å². The van der Waals surface area contributed by atoms with Crippen LogP contribution in [0.1, 0.15) is 16.5 Å². The monoisotopic (exact) mass is 289 g/mol. The van der Waals surface area contributed by atoms with Crippen LogP contribution in [0.5, 0.6) is 0 Å². The Balaban J connectivity index is 2.07. The summed E-state index contributed by atoms with van der Waals surface area (Å²) in [7, 11) is 0. The van der Waals surface area contributed by atoms with Crippen LogP contribution in [0.15, 0.2) is 72.1 Å². The van der Waals surface area contributed by atoms with Gasteiger partial charge in [-0.05, 0) is 44.6 Å². The molecule has 1 atom stereocenters. The van der Waals surface area contributed by atoms with Crippen molar-refractivity contribution in [3.8, 4) is 0 Å². The second kappa shape index (κ2) is 4.99. The molecule has 3 aromatic carbocycles. The molecule has 1 heterocycles. The number of thiophene rings is 1. The van der Waals surface area contributed by atoms with Crippen LogP contribution >= 0.6 is 11.3 Å². The molecule has 4 aromatic rings. The molecule has 0 aliphatic rings. The molecule has 0 spiro atoms. The molecule has 102 valence electrons. The number of benzene rings is 3. The summed E-state index contributed by atoms with van der Waals surface area (Å²) in [6.07, 6.45) is 0. The fourth-order valence-corrected chi connectivity index (χ4v) is 3.71. The van der Waals surface area contributed by atoms with Gasteiger partial charge in [-0.25, -0.2) is 0 Å². The fourth-order valence-electron chi connectivity index (χ4n) is 2.96. The van der Waals surface area contributed by atoms with Crippen molar-refractivity contribution in [2.75, 3.05) is 0 Å². The van der Waals surface area contributed by atoms with Crippen LogP contribution in [0.3, 0.4) is 0 Å². The van der Waals surface area contributed by atoms with E-state index in [9.17, 15) is 0 Å². The van der Waals surface area contributed by atoms with E-state index in [0.717, 1.165) is 0 Å². The standard InChI is InChI=1S/C19H15NS/c20-19(18-10-5-11-21-18)17-12-13-6-1-2-7-14(13)15-8-3-4-9-16(15)17/h1-12,19H,20H2/t19-/m1/s1. The van der Waals surface area contributed by atoms with E-state index in [4.69, 9.17) is 5.73 Å². The molecule has 0 aliphatic heterocycles. The minimum atomic E-state index is -0.0699. The van der Waals surface area contributed by atoms with E-state index in [1.54, 1.807) is 11.3 Å². The lowest BCUT2D eigenvalue weighted by atomic mass is 9.93. The molecule has 0 unspecified atom stereocenters. The summed E-state index contributed by atoms with van der Waals surface area (Å²) >= 11 is 1.71. The van der Waals surface area contributed by atoms with Gasteiger partial charge in [0.15, 0.2) is 0 Å². The Kier molecular flexibility index (Phi) is 2.99. The maximum atomic E-state index is 6.53. The van der Waals surface area contributed by atoms with Gasteiger partial charge in [-0.2, -0.15) is 0 Å². The van der Waals surface area contributed by atoms with E-state index >= 15 is 0 Å². The molecule has 0 saturated carbocycles. The fraction of sp³-hybridized carbons (Fsp3) is 0.0526. The zero-order valence-corrected chi connectivity index (χ0v) is 12.3. The summed E-state index contributed by atoms with van der Waals surface area (Å²) in [5.74, 6) is 0. The van der Waals surface area contributed by atoms with E-state index in [1.807, 2.05) is 0 Å². The second-order valence-electron chi connectivity index (χ2n) is 5.23. The van der Waals surface area contributed by atoms with E-state index in [-0.39, 0.29) is 6.04 Å². The predicted molar refractivity (Wildman–Crippen MR) is 91.8 cm³/mol. The average Bonchev–Trinajstić information content (AvgIpc) is 3.08. The van der Waals surface area contributed by atoms with Crippen molar-refractivity contribution in [1.29, 1.82) is 0 Å². The lowest BCUT2D eigenvalue weighted by Gasteiger charge is -2.15. The first-order valence-corrected chi connectivity index (χ1v) is 7.92. The summed E-state index contributed by atoms with van der Waals surface area (Å²) in [5.41, 5.74) is 7.73. The predicted octanol–water partition coefficient (Wildman–Crippen LogP) is 5.10. The lowest BCUT2D eigenvalue weighted by Crippen LogP contribution is -2.10. The van der Waals surface area contributed by atoms with Gasteiger partial charge in [-0.3, -0.25) is 0 Å². The molecule has 0 aliphatic carbocycles. The summed E-state index contributed by atoms with van der Waals surface area (Å²) in [4.78, 5) is 1.20. The average molecular weight is 289 g/mol. The van der Waals surface area contributed by atoms with Gasteiger partial charge in [-0.15, -0.1) is 11.3 Å². The molecule has 1 nitrogen and oxygen atoms in total. The highest BCUT2D eigenvalue weighted by atomic mass is 32.1. The minimum absolute atomic E-state index is 0.0699. The molecule has 2 N–H and O–H groups in total. The van der Waals surface area contributed by atoms with Gasteiger partial charge in [0.1, 0.15) is 0 Å². The molecule has 2 heteroatoms. The Labute approximate surface area is 127 Å². The summed E-state index contributed by atoms with van der Waals surface area (Å²) in [5, 5.41) is 7.14. The van der Waals surface area contributed by atoms with Crippen LogP contribution in [0, 0.1) is 0 Å². The van der Waals surface area contributed by atoms with Crippen LogP contribution in [-0.4, -0.2) is 0 Å². The van der Waals surface area contributed by atoms with Gasteiger partial charge in [0, 0.05) is 4.88 Å². The molecule has 21 heavy (non-hydrogen) atoms. The zero-order chi connectivity index (χ0) is 14.2. The first kappa shape index (κ1) is 12.6. The van der Waals surface area contributed by atoms with Gasteiger partial charge < -0.3 is 5.73 Å². The van der Waals surface area contributed by atoms with Crippen molar-refractivity contribution in [2.45, 2.75) is 6.04 Å². The van der Waals surface area contributed by atoms with E-state index < -0.39 is 0 Å². The van der Waals surface area contributed by atoms with Crippen molar-refractivity contribution in [3.63, 3.8) is 0 Å². The normalized spacial score (nSPS) is 12.8. The van der Waals surface area contributed by atoms with Crippen LogP contribution < -0.4 is 5.73 Å². The summed E-state index contributed by atoms with van der Waals surface area (Å²) < 4.78 is 0. The number of rotatable bonds is 2. The highest BCUT2D eigenvalue weighted by Crippen LogP contribution is 2.34. The molecular weight excluding hydrogens is 274 g/mol. The van der Waals surface area contributed by atoms with Crippen LogP contribution in [0.4, 0.5) is 0 Å². The third-order valence-corrected chi connectivity index (χ3v) is 4.94. The Bertz CT molecular complexity index is 909. The summed E-state index contributed by atoms with van der Waals surface area (Å²) in [6, 6.07) is 23.4. The highest BCUT2D eigenvalue weighted by Gasteiger charge is 2.14. The van der Waals surface area contributed by atoms with Gasteiger partial charge in [0.05, 0.1) is 6.04 Å². The lowest BCUT2D eigenvalue weighted by molar-refractivity contribution is 0.905. The van der Waals surface area contributed by atoms with Crippen LogP contribution in [-0.2, 0) is 0 Å². The number of hydrogen-bond donors (Lipinski definition) is 1. The molecule has 1 aromatic heterocycles. The topological polar surface area (TPSA) is 26.0 Å². The van der Waals surface area contributed by atoms with E-state index in [1.165, 1.54) is 32.0 Å². The van der Waals surface area contributed by atoms with Crippen molar-refractivity contribution in [1.82, 2.24) is 0 Å². The maximum Gasteiger partial charge on any atom is 0.0652 e. The Morgan fingerprint density at radius 1 is 0.762 bits per heavy atom. The SMILES string of the molecule is N[C@@H](c1cccs1)c1cc2ccccc2c2ccccc12. The molecule has 0 saturated heterocycles. The Hall–Kier alpha value is -2.16. The molecule has 0 bridgehead atoms. The molecule has 4 rings (SSSR count). The van der Waals surface area contributed by atoms with Gasteiger partial charge in [0.2, 0.25) is 0 Å². The second-order valence-corrected chi connectivity index (χ2v) is 6.20. The molecular formula is C19H15NS. The van der Waals surface area contributed by atoms with E-state index in [0.29, 0.717) is 0 Å². The summed E-state index contributed by atoms with van der Waals surface area (Å²) in [6.45, 7) is 0. The Morgan fingerprint density at radius 3 is 2.24 bits per heavy atom. The highest BCUT2D eigenvalue weighted by molar-refractivity contribution is 7.10. The van der Waals surface area contributed by atoms with E-state index in [2.05, 4.69) is 72.1 Å². The van der Waals surface area contributed by atoms with Crippen LogP contribution in [0.25, 0.3) is 21.5 Å². The van der Waals surface area contributed by atoms with Gasteiger partial charge in [-0.1, -0.05) is 54.6 Å². The molecule has 0 amide bonds. The third-order valence-electron chi connectivity index (χ3n) is 3.98. The van der Waals surface area contributed by atoms with Crippen molar-refractivity contribution in [3.05, 3.63) is 82.6 Å². The Morgan fingerprint density at radius 2 is 1.48 bits per heavy atom. The van der Waals surface area contributed by atoms with Crippen molar-refractivity contribution < 1.29 is 0 Å². The largest absolute Gasteiger partial charge is 0.320 e. The first-order chi connectivity index (χ1) is 10.3. The van der Waals surface area contributed by atoms with Crippen LogP contribution in [0.2, 0.25) is 0 Å². The van der Waals surface area contributed by atoms with Gasteiger partial charge in [0.25, 0.3) is 0 Å². The smallest absolute Gasteiger partial charge is 0.0652 e. The number of nitrogens with two attached hydrogens (primary N) is 1. The van der Waals surface area contributed by atoms with Crippen molar-refractivity contribution in [2.24, 2.45) is 5.73 Å². The molecule has 0 fully saturated rings. The quantitative estimate of drug-likeness (QED) is 0.510. The number of hydrogen-bond acceptors (Lipinski definition) is 2. The minimum Gasteiger partial charge on any atom is -0.320 e.